The van der Waals surface area contributed by atoms with Gasteiger partial charge in [-0.05, 0) is 6.92 Å². The van der Waals surface area contributed by atoms with Gasteiger partial charge in [-0.1, -0.05) is 13.8 Å². The van der Waals surface area contributed by atoms with Crippen LogP contribution in [0.15, 0.2) is 6.07 Å². The monoisotopic (exact) mass is 288 g/mol. The first-order valence-corrected chi connectivity index (χ1v) is 6.75. The number of ether oxygens (including phenoxy) is 1. The summed E-state index contributed by atoms with van der Waals surface area (Å²) in [5, 5.41) is 6.19. The second-order valence-electron chi connectivity index (χ2n) is 4.57. The third kappa shape index (κ3) is 6.10. The van der Waals surface area contributed by atoms with E-state index in [2.05, 4.69) is 20.6 Å². The molecule has 1 aromatic rings. The Bertz CT molecular complexity index is 402. The molecule has 5 nitrogen and oxygen atoms in total. The molecule has 114 valence electrons. The van der Waals surface area contributed by atoms with Crippen LogP contribution >= 0.6 is 0 Å². The lowest BCUT2D eigenvalue weighted by atomic mass is 10.2. The summed E-state index contributed by atoms with van der Waals surface area (Å²) in [7, 11) is 0. The van der Waals surface area contributed by atoms with Crippen molar-refractivity contribution in [2.24, 2.45) is 0 Å². The number of rotatable bonds is 9. The van der Waals surface area contributed by atoms with Crippen molar-refractivity contribution in [1.29, 1.82) is 0 Å². The van der Waals surface area contributed by atoms with E-state index in [4.69, 9.17) is 4.74 Å². The first-order chi connectivity index (χ1) is 9.52. The zero-order valence-electron chi connectivity index (χ0n) is 12.1. The van der Waals surface area contributed by atoms with Crippen LogP contribution in [0, 0.1) is 0 Å². The van der Waals surface area contributed by atoms with Crippen LogP contribution < -0.4 is 10.6 Å². The van der Waals surface area contributed by atoms with Crippen LogP contribution in [0.3, 0.4) is 0 Å². The van der Waals surface area contributed by atoms with Crippen LogP contribution in [0.2, 0.25) is 0 Å². The standard InChI is InChI=1S/C13H22F2N4O/c1-4-16-11-7-12(19-13(18-11)9(2)3)17-5-6-20-8-10(14)15/h7,9-10H,4-6,8H2,1-3H3,(H2,16,17,18,19). The molecule has 0 aromatic carbocycles. The van der Waals surface area contributed by atoms with Gasteiger partial charge in [-0.15, -0.1) is 0 Å². The van der Waals surface area contributed by atoms with Crippen molar-refractivity contribution in [3.63, 3.8) is 0 Å². The molecule has 0 bridgehead atoms. The zero-order valence-corrected chi connectivity index (χ0v) is 12.1. The van der Waals surface area contributed by atoms with E-state index < -0.39 is 13.0 Å². The summed E-state index contributed by atoms with van der Waals surface area (Å²) >= 11 is 0. The van der Waals surface area contributed by atoms with Gasteiger partial charge in [0.15, 0.2) is 0 Å². The highest BCUT2D eigenvalue weighted by Gasteiger charge is 2.08. The lowest BCUT2D eigenvalue weighted by Gasteiger charge is -2.12. The second kappa shape index (κ2) is 8.63. The van der Waals surface area contributed by atoms with Crippen molar-refractivity contribution < 1.29 is 13.5 Å². The van der Waals surface area contributed by atoms with E-state index in [0.717, 1.165) is 18.2 Å². The second-order valence-corrected chi connectivity index (χ2v) is 4.57. The average molecular weight is 288 g/mol. The number of hydrogen-bond donors (Lipinski definition) is 2. The van der Waals surface area contributed by atoms with Gasteiger partial charge >= 0.3 is 0 Å². The Morgan fingerprint density at radius 3 is 2.40 bits per heavy atom. The van der Waals surface area contributed by atoms with E-state index >= 15 is 0 Å². The molecule has 0 amide bonds. The van der Waals surface area contributed by atoms with Crippen molar-refractivity contribution in [1.82, 2.24) is 9.97 Å². The van der Waals surface area contributed by atoms with Crippen LogP contribution in [-0.4, -0.2) is 42.7 Å². The maximum Gasteiger partial charge on any atom is 0.261 e. The highest BCUT2D eigenvalue weighted by atomic mass is 19.3. The minimum Gasteiger partial charge on any atom is -0.374 e. The van der Waals surface area contributed by atoms with Gasteiger partial charge in [0, 0.05) is 25.1 Å². The number of alkyl halides is 2. The third-order valence-corrected chi connectivity index (χ3v) is 2.41. The predicted molar refractivity (Wildman–Crippen MR) is 75.6 cm³/mol. The van der Waals surface area contributed by atoms with Gasteiger partial charge in [0.2, 0.25) is 0 Å². The largest absolute Gasteiger partial charge is 0.374 e. The molecule has 0 fully saturated rings. The van der Waals surface area contributed by atoms with Crippen LogP contribution in [0.4, 0.5) is 20.4 Å². The van der Waals surface area contributed by atoms with Crippen LogP contribution in [0.25, 0.3) is 0 Å². The van der Waals surface area contributed by atoms with Gasteiger partial charge in [-0.3, -0.25) is 0 Å². The highest BCUT2D eigenvalue weighted by molar-refractivity contribution is 5.47. The summed E-state index contributed by atoms with van der Waals surface area (Å²) in [6.07, 6.45) is -2.43. The van der Waals surface area contributed by atoms with E-state index in [1.807, 2.05) is 20.8 Å². The lowest BCUT2D eigenvalue weighted by Crippen LogP contribution is -2.15. The molecule has 0 saturated carbocycles. The fourth-order valence-corrected chi connectivity index (χ4v) is 1.51. The Labute approximate surface area is 118 Å². The van der Waals surface area contributed by atoms with Crippen molar-refractivity contribution in [2.75, 3.05) is 36.9 Å². The molecule has 7 heteroatoms. The number of hydrogen-bond acceptors (Lipinski definition) is 5. The summed E-state index contributed by atoms with van der Waals surface area (Å²) in [5.74, 6) is 2.37. The number of aromatic nitrogens is 2. The number of anilines is 2. The Balaban J connectivity index is 2.55. The number of nitrogens with one attached hydrogen (secondary N) is 2. The van der Waals surface area contributed by atoms with E-state index in [1.54, 1.807) is 6.07 Å². The molecule has 2 N–H and O–H groups in total. The van der Waals surface area contributed by atoms with Gasteiger partial charge in [-0.2, -0.15) is 0 Å². The minimum atomic E-state index is -2.43. The Morgan fingerprint density at radius 1 is 1.20 bits per heavy atom. The first-order valence-electron chi connectivity index (χ1n) is 6.75. The minimum absolute atomic E-state index is 0.210. The summed E-state index contributed by atoms with van der Waals surface area (Å²) < 4.78 is 28.6. The molecule has 0 spiro atoms. The van der Waals surface area contributed by atoms with Gasteiger partial charge in [0.05, 0.1) is 6.61 Å². The molecule has 1 rings (SSSR count). The van der Waals surface area contributed by atoms with Crippen LogP contribution in [0.5, 0.6) is 0 Å². The molecule has 20 heavy (non-hydrogen) atoms. The summed E-state index contributed by atoms with van der Waals surface area (Å²) in [6, 6.07) is 1.79. The average Bonchev–Trinajstić information content (AvgIpc) is 2.38. The topological polar surface area (TPSA) is 59.1 Å². The van der Waals surface area contributed by atoms with E-state index in [0.29, 0.717) is 12.4 Å². The van der Waals surface area contributed by atoms with Crippen LogP contribution in [0.1, 0.15) is 32.5 Å². The summed E-state index contributed by atoms with van der Waals surface area (Å²) in [4.78, 5) is 8.78. The molecule has 1 heterocycles. The van der Waals surface area contributed by atoms with E-state index in [9.17, 15) is 8.78 Å². The van der Waals surface area contributed by atoms with Crippen molar-refractivity contribution in [3.8, 4) is 0 Å². The maximum atomic E-state index is 11.9. The predicted octanol–water partition coefficient (Wildman–Crippen LogP) is 2.73. The summed E-state index contributed by atoms with van der Waals surface area (Å²) in [6.45, 7) is 6.88. The Hall–Kier alpha value is -1.50. The molecule has 0 aliphatic carbocycles. The van der Waals surface area contributed by atoms with Gasteiger partial charge in [0.25, 0.3) is 6.43 Å². The molecule has 1 aromatic heterocycles. The molecular formula is C13H22F2N4O. The van der Waals surface area contributed by atoms with Crippen molar-refractivity contribution >= 4 is 11.6 Å². The highest BCUT2D eigenvalue weighted by Crippen LogP contribution is 2.16. The van der Waals surface area contributed by atoms with Gasteiger partial charge in [0.1, 0.15) is 24.1 Å². The van der Waals surface area contributed by atoms with Crippen LogP contribution in [-0.2, 0) is 4.74 Å². The van der Waals surface area contributed by atoms with Crippen molar-refractivity contribution in [3.05, 3.63) is 11.9 Å². The van der Waals surface area contributed by atoms with E-state index in [-0.39, 0.29) is 12.5 Å². The van der Waals surface area contributed by atoms with Gasteiger partial charge < -0.3 is 15.4 Å². The normalized spacial score (nSPS) is 11.2. The number of nitrogens with zero attached hydrogens (tertiary/aromatic N) is 2. The molecule has 0 saturated heterocycles. The zero-order chi connectivity index (χ0) is 15.0. The molecule has 0 radical (unpaired) electrons. The Morgan fingerprint density at radius 2 is 1.85 bits per heavy atom. The van der Waals surface area contributed by atoms with Crippen molar-refractivity contribution in [2.45, 2.75) is 33.1 Å². The maximum absolute atomic E-state index is 11.9. The fourth-order valence-electron chi connectivity index (χ4n) is 1.51. The fraction of sp³-hybridized carbons (Fsp3) is 0.692. The van der Waals surface area contributed by atoms with Gasteiger partial charge in [-0.25, -0.2) is 18.7 Å². The smallest absolute Gasteiger partial charge is 0.261 e. The SMILES string of the molecule is CCNc1cc(NCCOCC(F)F)nc(C(C)C)n1. The third-order valence-electron chi connectivity index (χ3n) is 2.41. The summed E-state index contributed by atoms with van der Waals surface area (Å²) in [5.41, 5.74) is 0. The molecule has 0 aliphatic heterocycles. The quantitative estimate of drug-likeness (QED) is 0.684. The lowest BCUT2D eigenvalue weighted by molar-refractivity contribution is 0.0215. The molecule has 0 atom stereocenters. The van der Waals surface area contributed by atoms with E-state index in [1.165, 1.54) is 0 Å². The molecule has 0 unspecified atom stereocenters. The molecular weight excluding hydrogens is 266 g/mol. The number of halogens is 2. The Kier molecular flexibility index (Phi) is 7.14. The molecule has 0 aliphatic rings. The first kappa shape index (κ1) is 16.6.